The second kappa shape index (κ2) is 7.70. The molecule has 0 spiro atoms. The summed E-state index contributed by atoms with van der Waals surface area (Å²) in [5.41, 5.74) is 2.17. The van der Waals surface area contributed by atoms with Crippen molar-refractivity contribution in [1.82, 2.24) is 9.88 Å². The van der Waals surface area contributed by atoms with Gasteiger partial charge in [-0.05, 0) is 44.4 Å². The molecule has 6 nitrogen and oxygen atoms in total. The first kappa shape index (κ1) is 20.9. The molecule has 2 aliphatic heterocycles. The normalized spacial score (nSPS) is 22.5. The molecule has 2 aliphatic rings. The van der Waals surface area contributed by atoms with Gasteiger partial charge in [0.2, 0.25) is 0 Å². The third-order valence-corrected chi connectivity index (χ3v) is 7.63. The lowest BCUT2D eigenvalue weighted by Gasteiger charge is -2.38. The molecule has 30 heavy (non-hydrogen) atoms. The summed E-state index contributed by atoms with van der Waals surface area (Å²) in [5.74, 6) is -1.56. The molecule has 0 bridgehead atoms. The van der Waals surface area contributed by atoms with E-state index in [1.165, 1.54) is 6.07 Å². The molecule has 0 unspecified atom stereocenters. The number of benzene rings is 1. The fraction of sp³-hybridized carbons (Fsp3) is 0.429. The summed E-state index contributed by atoms with van der Waals surface area (Å²) in [4.78, 5) is 25.9. The molecule has 0 radical (unpaired) electrons. The first-order valence-corrected chi connectivity index (χ1v) is 11.3. The van der Waals surface area contributed by atoms with Crippen molar-refractivity contribution >= 4 is 28.2 Å². The number of rotatable bonds is 6. The number of hydrogen-bond acceptors (Lipinski definition) is 4. The van der Waals surface area contributed by atoms with Crippen molar-refractivity contribution in [2.24, 2.45) is 0 Å². The van der Waals surface area contributed by atoms with E-state index < -0.39 is 28.3 Å². The molecule has 160 valence electrons. The van der Waals surface area contributed by atoms with E-state index in [9.17, 15) is 22.6 Å². The zero-order valence-corrected chi connectivity index (χ0v) is 17.6. The molecule has 0 saturated carbocycles. The minimum atomic E-state index is -1.04. The van der Waals surface area contributed by atoms with Crippen LogP contribution in [0, 0.1) is 18.6 Å². The van der Waals surface area contributed by atoms with Crippen LogP contribution in [0.5, 0.6) is 0 Å². The van der Waals surface area contributed by atoms with Crippen molar-refractivity contribution in [2.75, 3.05) is 23.4 Å². The van der Waals surface area contributed by atoms with Gasteiger partial charge in [0.25, 0.3) is 5.91 Å². The Hall–Kier alpha value is -2.39. The quantitative estimate of drug-likeness (QED) is 0.684. The molecule has 0 aliphatic carbocycles. The van der Waals surface area contributed by atoms with Crippen molar-refractivity contribution in [3.8, 4) is 0 Å². The molecule has 4 rings (SSSR count). The van der Waals surface area contributed by atoms with E-state index in [0.717, 1.165) is 24.2 Å². The van der Waals surface area contributed by atoms with Crippen molar-refractivity contribution in [3.63, 3.8) is 0 Å². The zero-order chi connectivity index (χ0) is 21.6. The predicted octanol–water partition coefficient (Wildman–Crippen LogP) is 2.57. The number of ketones is 1. The number of fused-ring (bicyclic) bond motifs is 1. The van der Waals surface area contributed by atoms with Gasteiger partial charge in [-0.2, -0.15) is 0 Å². The Morgan fingerprint density at radius 3 is 2.63 bits per heavy atom. The Morgan fingerprint density at radius 1 is 1.23 bits per heavy atom. The summed E-state index contributed by atoms with van der Waals surface area (Å²) in [7, 11) is -0.831. The van der Waals surface area contributed by atoms with Gasteiger partial charge in [-0.15, -0.1) is 0 Å². The van der Waals surface area contributed by atoms with Crippen LogP contribution in [0.15, 0.2) is 18.2 Å². The number of nitrogens with one attached hydrogen (secondary N) is 2. The Labute approximate surface area is 175 Å². The number of aromatic nitrogens is 1. The lowest BCUT2D eigenvalue weighted by Crippen LogP contribution is -2.60. The van der Waals surface area contributed by atoms with Crippen molar-refractivity contribution in [1.29, 1.82) is 0 Å². The summed E-state index contributed by atoms with van der Waals surface area (Å²) in [6, 6.07) is 3.17. The molecule has 1 aromatic carbocycles. The van der Waals surface area contributed by atoms with Crippen LogP contribution in [0.1, 0.15) is 45.4 Å². The van der Waals surface area contributed by atoms with Crippen LogP contribution in [0.25, 0.3) is 0 Å². The highest BCUT2D eigenvalue weighted by atomic mass is 32.2. The van der Waals surface area contributed by atoms with E-state index in [2.05, 4.69) is 10.6 Å². The Morgan fingerprint density at radius 2 is 1.97 bits per heavy atom. The first-order valence-electron chi connectivity index (χ1n) is 9.80. The number of anilines is 1. The van der Waals surface area contributed by atoms with Gasteiger partial charge in [0.15, 0.2) is 17.4 Å². The highest BCUT2D eigenvalue weighted by molar-refractivity contribution is 7.86. The molecule has 9 heteroatoms. The van der Waals surface area contributed by atoms with E-state index in [-0.39, 0.29) is 23.6 Å². The van der Waals surface area contributed by atoms with E-state index in [4.69, 9.17) is 0 Å². The van der Waals surface area contributed by atoms with Crippen molar-refractivity contribution < 1.29 is 22.6 Å². The third kappa shape index (κ3) is 3.72. The molecule has 0 atom stereocenters. The Bertz CT molecular complexity index is 1070. The van der Waals surface area contributed by atoms with Crippen molar-refractivity contribution in [3.05, 3.63) is 52.3 Å². The van der Waals surface area contributed by atoms with Crippen LogP contribution in [0.3, 0.4) is 0 Å². The van der Waals surface area contributed by atoms with Gasteiger partial charge < -0.3 is 15.2 Å². The molecular weight excluding hydrogens is 412 g/mol. The minimum Gasteiger partial charge on any atom is -0.340 e. The second-order valence-electron chi connectivity index (χ2n) is 8.20. The van der Waals surface area contributed by atoms with E-state index in [0.29, 0.717) is 41.3 Å². The molecular formula is C21H23F2N3O3S. The fourth-order valence-corrected chi connectivity index (χ4v) is 5.84. The second-order valence-corrected chi connectivity index (χ2v) is 9.66. The minimum absolute atomic E-state index is 0.107. The van der Waals surface area contributed by atoms with Gasteiger partial charge >= 0.3 is 0 Å². The standard InChI is InChI=1S/C21H23F2N3O3S/c1-12-18(17(27)9-24-21(2)10-30(29)11-21)16-4-3-7-26(16)19(12)20(28)25-13-5-6-14(22)15(23)8-13/h5-6,8,24H,3-4,7,9-11H2,1-2H3,(H,25,28). The van der Waals surface area contributed by atoms with Crippen LogP contribution in [-0.4, -0.2) is 44.1 Å². The molecule has 1 saturated heterocycles. The Kier molecular flexibility index (Phi) is 5.36. The fourth-order valence-electron chi connectivity index (χ4n) is 4.30. The largest absolute Gasteiger partial charge is 0.340 e. The molecule has 1 fully saturated rings. The molecule has 2 N–H and O–H groups in total. The summed E-state index contributed by atoms with van der Waals surface area (Å²) in [6.45, 7) is 4.40. The predicted molar refractivity (Wildman–Crippen MR) is 110 cm³/mol. The Balaban J connectivity index is 1.57. The van der Waals surface area contributed by atoms with Gasteiger partial charge in [0.1, 0.15) is 5.69 Å². The molecule has 3 heterocycles. The maximum Gasteiger partial charge on any atom is 0.272 e. The average Bonchev–Trinajstić information content (AvgIpc) is 3.21. The summed E-state index contributed by atoms with van der Waals surface area (Å²) in [6.07, 6.45) is 1.52. The summed E-state index contributed by atoms with van der Waals surface area (Å²) < 4.78 is 39.9. The highest BCUT2D eigenvalue weighted by Crippen LogP contribution is 2.30. The number of halogens is 2. The van der Waals surface area contributed by atoms with E-state index in [1.54, 1.807) is 6.92 Å². The van der Waals surface area contributed by atoms with Crippen LogP contribution in [0.4, 0.5) is 14.5 Å². The monoisotopic (exact) mass is 435 g/mol. The van der Waals surface area contributed by atoms with Crippen LogP contribution < -0.4 is 10.6 Å². The van der Waals surface area contributed by atoms with Gasteiger partial charge in [0, 0.05) is 57.4 Å². The van der Waals surface area contributed by atoms with Crippen LogP contribution >= 0.6 is 0 Å². The lowest BCUT2D eigenvalue weighted by molar-refractivity contribution is 0.0979. The molecule has 2 aromatic rings. The first-order chi connectivity index (χ1) is 14.2. The van der Waals surface area contributed by atoms with Gasteiger partial charge in [0.05, 0.1) is 6.54 Å². The van der Waals surface area contributed by atoms with E-state index >= 15 is 0 Å². The topological polar surface area (TPSA) is 80.2 Å². The SMILES string of the molecule is Cc1c(C(=O)CNC2(C)CS(=O)C2)c2n(c1C(=O)Nc1ccc(F)c(F)c1)CCC2. The maximum absolute atomic E-state index is 13.5. The van der Waals surface area contributed by atoms with E-state index in [1.807, 2.05) is 11.5 Å². The summed E-state index contributed by atoms with van der Waals surface area (Å²) in [5, 5.41) is 5.80. The summed E-state index contributed by atoms with van der Waals surface area (Å²) >= 11 is 0. The average molecular weight is 435 g/mol. The van der Waals surface area contributed by atoms with Gasteiger partial charge in [-0.25, -0.2) is 8.78 Å². The number of carbonyl (C=O) groups is 2. The maximum atomic E-state index is 13.5. The third-order valence-electron chi connectivity index (χ3n) is 5.72. The van der Waals surface area contributed by atoms with Gasteiger partial charge in [-0.3, -0.25) is 13.8 Å². The van der Waals surface area contributed by atoms with Crippen molar-refractivity contribution in [2.45, 2.75) is 38.8 Å². The number of nitrogens with zero attached hydrogens (tertiary/aromatic N) is 1. The smallest absolute Gasteiger partial charge is 0.272 e. The zero-order valence-electron chi connectivity index (χ0n) is 16.8. The number of carbonyl (C=O) groups excluding carboxylic acids is 2. The van der Waals surface area contributed by atoms with Crippen LogP contribution in [0.2, 0.25) is 0 Å². The van der Waals surface area contributed by atoms with Crippen LogP contribution in [-0.2, 0) is 23.8 Å². The number of hydrogen-bond donors (Lipinski definition) is 2. The molecule has 1 amide bonds. The number of Topliss-reactive ketones (excluding diaryl/α,β-unsaturated/α-hetero) is 1. The number of amides is 1. The lowest BCUT2D eigenvalue weighted by atomic mass is 10.0. The van der Waals surface area contributed by atoms with Gasteiger partial charge in [-0.1, -0.05) is 0 Å². The molecule has 1 aromatic heterocycles. The highest BCUT2D eigenvalue weighted by Gasteiger charge is 2.39.